The Balaban J connectivity index is 2.05. The number of amides is 1. The lowest BCUT2D eigenvalue weighted by Crippen LogP contribution is -2.33. The lowest BCUT2D eigenvalue weighted by atomic mass is 9.71. The summed E-state index contributed by atoms with van der Waals surface area (Å²) in [6, 6.07) is 11.5. The predicted octanol–water partition coefficient (Wildman–Crippen LogP) is 5.55. The van der Waals surface area contributed by atoms with Crippen molar-refractivity contribution in [2.45, 2.75) is 52.6 Å². The summed E-state index contributed by atoms with van der Waals surface area (Å²) in [5.74, 6) is -0.298. The van der Waals surface area contributed by atoms with Crippen molar-refractivity contribution in [3.63, 3.8) is 0 Å². The van der Waals surface area contributed by atoms with Gasteiger partial charge in [0.2, 0.25) is 0 Å². The SMILES string of the molecule is CCCc1cccc(-c2cc3c(cc2F)[C@H](OC(N)=O)C(C)(C)CC3)c1. The molecule has 0 unspecified atom stereocenters. The summed E-state index contributed by atoms with van der Waals surface area (Å²) in [6.07, 6.45) is 2.34. The van der Waals surface area contributed by atoms with Gasteiger partial charge < -0.3 is 10.5 Å². The minimum Gasteiger partial charge on any atom is -0.441 e. The molecule has 2 aromatic carbocycles. The predicted molar refractivity (Wildman–Crippen MR) is 101 cm³/mol. The second-order valence-corrected chi connectivity index (χ2v) is 7.79. The first-order chi connectivity index (χ1) is 12.3. The van der Waals surface area contributed by atoms with Crippen LogP contribution in [0.1, 0.15) is 56.4 Å². The minimum absolute atomic E-state index is 0.281. The quantitative estimate of drug-likeness (QED) is 0.781. The second-order valence-electron chi connectivity index (χ2n) is 7.79. The number of fused-ring (bicyclic) bond motifs is 1. The van der Waals surface area contributed by atoms with Crippen LogP contribution in [0.2, 0.25) is 0 Å². The zero-order valence-electron chi connectivity index (χ0n) is 15.6. The first-order valence-corrected chi connectivity index (χ1v) is 9.19. The van der Waals surface area contributed by atoms with Crippen molar-refractivity contribution in [1.29, 1.82) is 0 Å². The number of primary amides is 1. The molecule has 0 aromatic heterocycles. The Morgan fingerprint density at radius 1 is 1.31 bits per heavy atom. The summed E-state index contributed by atoms with van der Waals surface area (Å²) in [7, 11) is 0. The molecule has 0 saturated heterocycles. The molecule has 1 atom stereocenters. The molecule has 2 N–H and O–H groups in total. The summed E-state index contributed by atoms with van der Waals surface area (Å²) >= 11 is 0. The van der Waals surface area contributed by atoms with Crippen molar-refractivity contribution in [3.8, 4) is 11.1 Å². The molecule has 0 heterocycles. The molecule has 0 spiro atoms. The number of halogens is 1. The summed E-state index contributed by atoms with van der Waals surface area (Å²) in [5, 5.41) is 0. The smallest absolute Gasteiger partial charge is 0.405 e. The van der Waals surface area contributed by atoms with Gasteiger partial charge in [-0.15, -0.1) is 0 Å². The van der Waals surface area contributed by atoms with Gasteiger partial charge >= 0.3 is 6.09 Å². The molecule has 0 bridgehead atoms. The number of aryl methyl sites for hydroxylation is 2. The molecule has 3 nitrogen and oxygen atoms in total. The molecular weight excluding hydrogens is 329 g/mol. The van der Waals surface area contributed by atoms with Crippen LogP contribution in [0.5, 0.6) is 0 Å². The second kappa shape index (κ2) is 7.10. The van der Waals surface area contributed by atoms with Crippen LogP contribution in [0.3, 0.4) is 0 Å². The number of carbonyl (C=O) groups excluding carboxylic acids is 1. The topological polar surface area (TPSA) is 52.3 Å². The van der Waals surface area contributed by atoms with E-state index in [0.29, 0.717) is 5.56 Å². The van der Waals surface area contributed by atoms with Crippen LogP contribution in [-0.2, 0) is 17.6 Å². The maximum atomic E-state index is 15.0. The van der Waals surface area contributed by atoms with Crippen LogP contribution < -0.4 is 5.73 Å². The van der Waals surface area contributed by atoms with Crippen LogP contribution in [0.4, 0.5) is 9.18 Å². The van der Waals surface area contributed by atoms with Crippen molar-refractivity contribution in [1.82, 2.24) is 0 Å². The molecule has 1 amide bonds. The fraction of sp³-hybridized carbons (Fsp3) is 0.409. The Labute approximate surface area is 154 Å². The standard InChI is InChI=1S/C22H26FNO2/c1-4-6-14-7-5-8-15(11-14)17-12-16-9-10-22(2,3)20(26-21(24)25)18(16)13-19(17)23/h5,7-8,11-13,20H,4,6,9-10H2,1-3H3,(H2,24,25)/t20-/m0/s1. The molecule has 0 aliphatic heterocycles. The lowest BCUT2D eigenvalue weighted by molar-refractivity contribution is 0.0145. The van der Waals surface area contributed by atoms with E-state index in [4.69, 9.17) is 10.5 Å². The van der Waals surface area contributed by atoms with E-state index in [0.717, 1.165) is 42.4 Å². The number of ether oxygens (including phenoxy) is 1. The van der Waals surface area contributed by atoms with Crippen LogP contribution in [0.15, 0.2) is 36.4 Å². The third-order valence-corrected chi connectivity index (χ3v) is 5.27. The van der Waals surface area contributed by atoms with E-state index < -0.39 is 12.2 Å². The van der Waals surface area contributed by atoms with Crippen molar-refractivity contribution < 1.29 is 13.9 Å². The molecule has 0 fully saturated rings. The highest BCUT2D eigenvalue weighted by Gasteiger charge is 2.39. The van der Waals surface area contributed by atoms with Crippen molar-refractivity contribution >= 4 is 6.09 Å². The fourth-order valence-electron chi connectivity index (χ4n) is 3.85. The Kier molecular flexibility index (Phi) is 5.03. The van der Waals surface area contributed by atoms with Gasteiger partial charge in [-0.05, 0) is 53.6 Å². The van der Waals surface area contributed by atoms with E-state index in [1.807, 2.05) is 32.0 Å². The van der Waals surface area contributed by atoms with E-state index in [1.54, 1.807) is 0 Å². The molecule has 26 heavy (non-hydrogen) atoms. The maximum Gasteiger partial charge on any atom is 0.405 e. The Bertz CT molecular complexity index is 829. The van der Waals surface area contributed by atoms with E-state index in [1.165, 1.54) is 11.6 Å². The van der Waals surface area contributed by atoms with E-state index >= 15 is 0 Å². The minimum atomic E-state index is -0.826. The normalized spacial score (nSPS) is 18.2. The monoisotopic (exact) mass is 355 g/mol. The van der Waals surface area contributed by atoms with Crippen LogP contribution >= 0.6 is 0 Å². The maximum absolute atomic E-state index is 15.0. The first kappa shape index (κ1) is 18.4. The zero-order chi connectivity index (χ0) is 18.9. The van der Waals surface area contributed by atoms with Gasteiger partial charge in [-0.2, -0.15) is 0 Å². The summed E-state index contributed by atoms with van der Waals surface area (Å²) in [4.78, 5) is 11.3. The highest BCUT2D eigenvalue weighted by molar-refractivity contribution is 5.68. The highest BCUT2D eigenvalue weighted by Crippen LogP contribution is 2.47. The van der Waals surface area contributed by atoms with Gasteiger partial charge in [-0.1, -0.05) is 51.5 Å². The lowest BCUT2D eigenvalue weighted by Gasteiger charge is -2.39. The molecule has 0 saturated carbocycles. The Morgan fingerprint density at radius 3 is 2.77 bits per heavy atom. The van der Waals surface area contributed by atoms with Crippen LogP contribution in [0, 0.1) is 11.2 Å². The largest absolute Gasteiger partial charge is 0.441 e. The van der Waals surface area contributed by atoms with E-state index in [9.17, 15) is 9.18 Å². The molecule has 3 rings (SSSR count). The van der Waals surface area contributed by atoms with Gasteiger partial charge in [0.05, 0.1) is 0 Å². The highest BCUT2D eigenvalue weighted by atomic mass is 19.1. The van der Waals surface area contributed by atoms with E-state index in [2.05, 4.69) is 19.1 Å². The van der Waals surface area contributed by atoms with Gasteiger partial charge in [0.1, 0.15) is 11.9 Å². The number of benzene rings is 2. The molecule has 0 radical (unpaired) electrons. The van der Waals surface area contributed by atoms with Gasteiger partial charge in [-0.25, -0.2) is 9.18 Å². The van der Waals surface area contributed by atoms with Gasteiger partial charge in [0.25, 0.3) is 0 Å². The number of carbonyl (C=O) groups is 1. The average molecular weight is 355 g/mol. The Hall–Kier alpha value is -2.36. The van der Waals surface area contributed by atoms with Crippen molar-refractivity contribution in [2.24, 2.45) is 11.1 Å². The number of hydrogen-bond donors (Lipinski definition) is 1. The fourth-order valence-corrected chi connectivity index (χ4v) is 3.85. The van der Waals surface area contributed by atoms with Gasteiger partial charge in [-0.3, -0.25) is 0 Å². The molecule has 138 valence electrons. The summed E-state index contributed by atoms with van der Waals surface area (Å²) in [5.41, 5.74) is 9.41. The average Bonchev–Trinajstić information content (AvgIpc) is 2.58. The van der Waals surface area contributed by atoms with Gasteiger partial charge in [0, 0.05) is 11.0 Å². The number of hydrogen-bond acceptors (Lipinski definition) is 2. The third kappa shape index (κ3) is 3.59. The third-order valence-electron chi connectivity index (χ3n) is 5.27. The summed E-state index contributed by atoms with van der Waals surface area (Å²) < 4.78 is 20.3. The van der Waals surface area contributed by atoms with E-state index in [-0.39, 0.29) is 11.2 Å². The zero-order valence-corrected chi connectivity index (χ0v) is 15.6. The molecule has 1 aliphatic carbocycles. The molecule has 2 aromatic rings. The van der Waals surface area contributed by atoms with Gasteiger partial charge in [0.15, 0.2) is 0 Å². The molecule has 1 aliphatic rings. The summed E-state index contributed by atoms with van der Waals surface area (Å²) in [6.45, 7) is 6.17. The molecular formula is C22H26FNO2. The molecule has 4 heteroatoms. The van der Waals surface area contributed by atoms with Crippen molar-refractivity contribution in [2.75, 3.05) is 0 Å². The number of nitrogens with two attached hydrogens (primary N) is 1. The first-order valence-electron chi connectivity index (χ1n) is 9.19. The van der Waals surface area contributed by atoms with Crippen molar-refractivity contribution in [3.05, 3.63) is 58.9 Å². The number of rotatable bonds is 4. The Morgan fingerprint density at radius 2 is 2.08 bits per heavy atom. The van der Waals surface area contributed by atoms with Crippen LogP contribution in [0.25, 0.3) is 11.1 Å². The van der Waals surface area contributed by atoms with Crippen LogP contribution in [-0.4, -0.2) is 6.09 Å².